The summed E-state index contributed by atoms with van der Waals surface area (Å²) >= 11 is 0. The van der Waals surface area contributed by atoms with E-state index in [1.807, 2.05) is 0 Å². The maximum atomic E-state index is 12.6. The molecular formula is C23H32N4O3S. The van der Waals surface area contributed by atoms with Crippen LogP contribution in [-0.2, 0) is 35.7 Å². The number of amides is 2. The van der Waals surface area contributed by atoms with Gasteiger partial charge in [-0.15, -0.1) is 0 Å². The first-order chi connectivity index (χ1) is 14.9. The number of fused-ring (bicyclic) bond motifs is 3. The molecule has 2 fully saturated rings. The number of rotatable bonds is 5. The molecule has 8 heteroatoms. The van der Waals surface area contributed by atoms with Gasteiger partial charge in [0.05, 0.1) is 0 Å². The average molecular weight is 445 g/mol. The molecule has 2 aliphatic carbocycles. The summed E-state index contributed by atoms with van der Waals surface area (Å²) in [5.74, 6) is 1.38. The molecule has 5 rings (SSSR count). The Morgan fingerprint density at radius 3 is 2.26 bits per heavy atom. The SMILES string of the molecule is CN1CC2CN(C/C=C/S(=O)(=O)NC(=O)Nc3c4c(cc5c3CCC5)CCC4)CC2C1. The van der Waals surface area contributed by atoms with Crippen molar-refractivity contribution in [3.05, 3.63) is 39.8 Å². The standard InChI is InChI=1S/C23H32N4O3S/c1-26-12-18-14-27(15-19(18)13-26)9-4-10-31(29,30)25-23(28)24-22-20-7-2-5-16(20)11-17-6-3-8-21(17)22/h4,10-11,18-19H,2-3,5-9,12-15H2,1H3,(H2,24,25,28)/b10-4+. The van der Waals surface area contributed by atoms with Crippen LogP contribution in [0.1, 0.15) is 35.1 Å². The number of nitrogens with zero attached hydrogens (tertiary/aromatic N) is 2. The second kappa shape index (κ2) is 8.22. The Morgan fingerprint density at radius 1 is 1.03 bits per heavy atom. The molecule has 4 aliphatic rings. The molecule has 7 nitrogen and oxygen atoms in total. The van der Waals surface area contributed by atoms with Gasteiger partial charge in [-0.1, -0.05) is 12.1 Å². The zero-order chi connectivity index (χ0) is 21.6. The van der Waals surface area contributed by atoms with Crippen LogP contribution in [0.25, 0.3) is 0 Å². The highest BCUT2D eigenvalue weighted by atomic mass is 32.2. The van der Waals surface area contributed by atoms with E-state index in [1.54, 1.807) is 6.08 Å². The van der Waals surface area contributed by atoms with Crippen molar-refractivity contribution in [1.29, 1.82) is 0 Å². The molecule has 168 valence electrons. The number of nitrogens with one attached hydrogen (secondary N) is 2. The van der Waals surface area contributed by atoms with Gasteiger partial charge in [0.2, 0.25) is 0 Å². The number of benzene rings is 1. The van der Waals surface area contributed by atoms with E-state index in [-0.39, 0.29) is 0 Å². The predicted octanol–water partition coefficient (Wildman–Crippen LogP) is 2.12. The van der Waals surface area contributed by atoms with Crippen molar-refractivity contribution in [3.8, 4) is 0 Å². The van der Waals surface area contributed by atoms with Crippen LogP contribution in [0.15, 0.2) is 17.6 Å². The fraction of sp³-hybridized carbons (Fsp3) is 0.609. The zero-order valence-electron chi connectivity index (χ0n) is 18.2. The van der Waals surface area contributed by atoms with Crippen LogP contribution in [0.3, 0.4) is 0 Å². The van der Waals surface area contributed by atoms with Crippen LogP contribution in [0, 0.1) is 11.8 Å². The van der Waals surface area contributed by atoms with Crippen molar-refractivity contribution in [3.63, 3.8) is 0 Å². The number of hydrogen-bond acceptors (Lipinski definition) is 5. The highest BCUT2D eigenvalue weighted by Gasteiger charge is 2.38. The average Bonchev–Trinajstić information content (AvgIpc) is 3.44. The first-order valence-electron chi connectivity index (χ1n) is 11.5. The molecule has 31 heavy (non-hydrogen) atoms. The molecule has 2 unspecified atom stereocenters. The molecule has 0 radical (unpaired) electrons. The summed E-state index contributed by atoms with van der Waals surface area (Å²) in [7, 11) is -1.67. The van der Waals surface area contributed by atoms with Crippen LogP contribution in [0.4, 0.5) is 10.5 Å². The molecule has 2 N–H and O–H groups in total. The van der Waals surface area contributed by atoms with E-state index in [0.717, 1.165) is 75.8 Å². The molecule has 2 atom stereocenters. The minimum Gasteiger partial charge on any atom is -0.307 e. The normalized spacial score (nSPS) is 25.7. The number of carbonyl (C=O) groups is 1. The summed E-state index contributed by atoms with van der Waals surface area (Å²) in [4.78, 5) is 17.2. The molecule has 0 bridgehead atoms. The molecule has 2 amide bonds. The third-order valence-corrected chi connectivity index (χ3v) is 8.35. The number of urea groups is 1. The molecular weight excluding hydrogens is 412 g/mol. The fourth-order valence-electron chi connectivity index (χ4n) is 6.06. The lowest BCUT2D eigenvalue weighted by Crippen LogP contribution is -2.34. The summed E-state index contributed by atoms with van der Waals surface area (Å²) in [5.41, 5.74) is 5.84. The van der Waals surface area contributed by atoms with Gasteiger partial charge in [-0.25, -0.2) is 17.9 Å². The summed E-state index contributed by atoms with van der Waals surface area (Å²) in [6, 6.07) is 1.62. The third kappa shape index (κ3) is 4.38. The van der Waals surface area contributed by atoms with Crippen LogP contribution < -0.4 is 10.0 Å². The Morgan fingerprint density at radius 2 is 1.65 bits per heavy atom. The Hall–Kier alpha value is -1.90. The molecule has 1 aromatic rings. The highest BCUT2D eigenvalue weighted by Crippen LogP contribution is 2.38. The Labute approximate surface area is 184 Å². The fourth-order valence-corrected chi connectivity index (χ4v) is 6.78. The van der Waals surface area contributed by atoms with Crippen LogP contribution in [-0.4, -0.2) is 64.0 Å². The van der Waals surface area contributed by atoms with Gasteiger partial charge in [0.25, 0.3) is 10.0 Å². The Kier molecular flexibility index (Phi) is 5.56. The van der Waals surface area contributed by atoms with Gasteiger partial charge in [-0.05, 0) is 79.7 Å². The number of carbonyl (C=O) groups excluding carboxylic acids is 1. The lowest BCUT2D eigenvalue weighted by Gasteiger charge is -2.17. The summed E-state index contributed by atoms with van der Waals surface area (Å²) in [5, 5.41) is 4.01. The van der Waals surface area contributed by atoms with E-state index >= 15 is 0 Å². The van der Waals surface area contributed by atoms with Crippen molar-refractivity contribution in [2.75, 3.05) is 45.1 Å². The Balaban J connectivity index is 1.19. The van der Waals surface area contributed by atoms with E-state index in [2.05, 4.69) is 33.0 Å². The number of sulfonamides is 1. The monoisotopic (exact) mass is 444 g/mol. The van der Waals surface area contributed by atoms with Gasteiger partial charge in [0.15, 0.2) is 0 Å². The summed E-state index contributed by atoms with van der Waals surface area (Å²) in [6.45, 7) is 4.86. The Bertz CT molecular complexity index is 974. The van der Waals surface area contributed by atoms with E-state index in [1.165, 1.54) is 22.3 Å². The van der Waals surface area contributed by atoms with Gasteiger partial charge in [-0.2, -0.15) is 0 Å². The van der Waals surface area contributed by atoms with Gasteiger partial charge in [0.1, 0.15) is 0 Å². The van der Waals surface area contributed by atoms with Crippen molar-refractivity contribution in [2.45, 2.75) is 38.5 Å². The van der Waals surface area contributed by atoms with Crippen molar-refractivity contribution in [1.82, 2.24) is 14.5 Å². The van der Waals surface area contributed by atoms with Gasteiger partial charge in [-0.3, -0.25) is 4.90 Å². The number of likely N-dealkylation sites (tertiary alicyclic amines) is 2. The summed E-state index contributed by atoms with van der Waals surface area (Å²) in [6.07, 6.45) is 7.78. The van der Waals surface area contributed by atoms with Crippen molar-refractivity contribution in [2.24, 2.45) is 11.8 Å². The smallest absolute Gasteiger partial charge is 0.307 e. The van der Waals surface area contributed by atoms with E-state index in [0.29, 0.717) is 18.4 Å². The number of aryl methyl sites for hydroxylation is 2. The zero-order valence-corrected chi connectivity index (χ0v) is 19.0. The van der Waals surface area contributed by atoms with Crippen LogP contribution in [0.5, 0.6) is 0 Å². The van der Waals surface area contributed by atoms with Crippen molar-refractivity contribution < 1.29 is 13.2 Å². The quantitative estimate of drug-likeness (QED) is 0.727. The van der Waals surface area contributed by atoms with Gasteiger partial charge < -0.3 is 10.2 Å². The first-order valence-corrected chi connectivity index (χ1v) is 13.0. The molecule has 0 saturated carbocycles. The van der Waals surface area contributed by atoms with E-state index in [4.69, 9.17) is 0 Å². The van der Waals surface area contributed by atoms with Crippen LogP contribution >= 0.6 is 0 Å². The first kappa shape index (κ1) is 21.0. The lowest BCUT2D eigenvalue weighted by molar-refractivity contribution is 0.256. The lowest BCUT2D eigenvalue weighted by atomic mass is 9.99. The largest absolute Gasteiger partial charge is 0.333 e. The number of anilines is 1. The minimum atomic E-state index is -3.83. The maximum Gasteiger partial charge on any atom is 0.333 e. The topological polar surface area (TPSA) is 81.8 Å². The number of hydrogen-bond donors (Lipinski definition) is 2. The molecule has 0 spiro atoms. The minimum absolute atomic E-state index is 0.596. The predicted molar refractivity (Wildman–Crippen MR) is 122 cm³/mol. The molecule has 1 aromatic carbocycles. The van der Waals surface area contributed by atoms with Gasteiger partial charge >= 0.3 is 6.03 Å². The van der Waals surface area contributed by atoms with Crippen LogP contribution in [0.2, 0.25) is 0 Å². The maximum absolute atomic E-state index is 12.6. The second-order valence-electron chi connectivity index (χ2n) is 9.67. The van der Waals surface area contributed by atoms with Crippen molar-refractivity contribution >= 4 is 21.7 Å². The molecule has 2 saturated heterocycles. The van der Waals surface area contributed by atoms with E-state index < -0.39 is 16.1 Å². The third-order valence-electron chi connectivity index (χ3n) is 7.33. The van der Waals surface area contributed by atoms with E-state index in [9.17, 15) is 13.2 Å². The molecule has 2 heterocycles. The molecule has 0 aromatic heterocycles. The summed E-state index contributed by atoms with van der Waals surface area (Å²) < 4.78 is 27.0. The van der Waals surface area contributed by atoms with Gasteiger partial charge in [0, 0.05) is 43.8 Å². The molecule has 2 aliphatic heterocycles. The highest BCUT2D eigenvalue weighted by molar-refractivity contribution is 7.92. The second-order valence-corrected chi connectivity index (χ2v) is 11.2.